The molecule has 0 aliphatic carbocycles. The first-order chi connectivity index (χ1) is 9.69. The number of rotatable bonds is 6. The van der Waals surface area contributed by atoms with Crippen molar-refractivity contribution in [1.29, 1.82) is 0 Å². The van der Waals surface area contributed by atoms with Crippen LogP contribution in [-0.2, 0) is 4.74 Å². The van der Waals surface area contributed by atoms with E-state index in [0.29, 0.717) is 12.1 Å². The van der Waals surface area contributed by atoms with E-state index in [1.165, 1.54) is 30.4 Å². The van der Waals surface area contributed by atoms with Crippen LogP contribution in [0.4, 0.5) is 0 Å². The largest absolute Gasteiger partial charge is 0.377 e. The molecule has 1 heterocycles. The molecule has 3 nitrogen and oxygen atoms in total. The van der Waals surface area contributed by atoms with Gasteiger partial charge in [0.2, 0.25) is 0 Å². The van der Waals surface area contributed by atoms with Crippen molar-refractivity contribution < 1.29 is 4.74 Å². The standard InChI is InChI=1S/C17H28N2O/c1-14-7-9-15(10-8-14)17(18-2)13-19(3)12-16-6-4-5-11-20-16/h7-10,16-18H,4-6,11-13H2,1-3H3. The lowest BCUT2D eigenvalue weighted by atomic mass is 10.0. The molecule has 0 bridgehead atoms. The third-order valence-corrected chi connectivity index (χ3v) is 4.11. The third kappa shape index (κ3) is 4.58. The van der Waals surface area contributed by atoms with Crippen molar-refractivity contribution in [2.45, 2.75) is 38.3 Å². The van der Waals surface area contributed by atoms with E-state index in [2.05, 4.69) is 48.5 Å². The van der Waals surface area contributed by atoms with Crippen LogP contribution >= 0.6 is 0 Å². The average Bonchev–Trinajstić information content (AvgIpc) is 2.47. The van der Waals surface area contributed by atoms with E-state index in [1.54, 1.807) is 0 Å². The van der Waals surface area contributed by atoms with Crippen molar-refractivity contribution in [3.63, 3.8) is 0 Å². The van der Waals surface area contributed by atoms with Crippen LogP contribution in [0.1, 0.15) is 36.4 Å². The molecular weight excluding hydrogens is 248 g/mol. The number of nitrogens with one attached hydrogen (secondary N) is 1. The summed E-state index contributed by atoms with van der Waals surface area (Å²) in [5, 5.41) is 3.42. The molecule has 2 unspecified atom stereocenters. The van der Waals surface area contributed by atoms with Crippen molar-refractivity contribution in [1.82, 2.24) is 10.2 Å². The Hall–Kier alpha value is -0.900. The summed E-state index contributed by atoms with van der Waals surface area (Å²) in [5.41, 5.74) is 2.67. The lowest BCUT2D eigenvalue weighted by molar-refractivity contribution is -0.00254. The topological polar surface area (TPSA) is 24.5 Å². The van der Waals surface area contributed by atoms with E-state index in [-0.39, 0.29) is 0 Å². The smallest absolute Gasteiger partial charge is 0.0701 e. The van der Waals surface area contributed by atoms with Crippen molar-refractivity contribution >= 4 is 0 Å². The number of ether oxygens (including phenoxy) is 1. The predicted octanol–water partition coefficient (Wildman–Crippen LogP) is 2.76. The Kier molecular flexibility index (Phi) is 6.02. The molecule has 1 aromatic carbocycles. The van der Waals surface area contributed by atoms with Crippen LogP contribution in [-0.4, -0.2) is 44.8 Å². The summed E-state index contributed by atoms with van der Waals surface area (Å²) in [6.45, 7) is 5.11. The summed E-state index contributed by atoms with van der Waals surface area (Å²) in [7, 11) is 4.23. The van der Waals surface area contributed by atoms with Crippen LogP contribution in [0.25, 0.3) is 0 Å². The Morgan fingerprint density at radius 1 is 1.30 bits per heavy atom. The van der Waals surface area contributed by atoms with Gasteiger partial charge in [0.1, 0.15) is 0 Å². The van der Waals surface area contributed by atoms with Gasteiger partial charge < -0.3 is 15.0 Å². The highest BCUT2D eigenvalue weighted by molar-refractivity contribution is 5.24. The zero-order chi connectivity index (χ0) is 14.4. The number of benzene rings is 1. The van der Waals surface area contributed by atoms with Crippen LogP contribution in [0.5, 0.6) is 0 Å². The van der Waals surface area contributed by atoms with Gasteiger partial charge in [-0.05, 0) is 45.8 Å². The summed E-state index contributed by atoms with van der Waals surface area (Å²) in [6.07, 6.45) is 4.16. The van der Waals surface area contributed by atoms with Crippen molar-refractivity contribution in [3.05, 3.63) is 35.4 Å². The Labute approximate surface area is 123 Å². The fourth-order valence-corrected chi connectivity index (χ4v) is 2.85. The molecule has 1 aliphatic rings. The maximum absolute atomic E-state index is 5.82. The molecule has 1 aliphatic heterocycles. The molecule has 3 heteroatoms. The highest BCUT2D eigenvalue weighted by Gasteiger charge is 2.18. The van der Waals surface area contributed by atoms with E-state index in [4.69, 9.17) is 4.74 Å². The Bertz CT molecular complexity index is 384. The molecule has 1 fully saturated rings. The zero-order valence-electron chi connectivity index (χ0n) is 13.1. The minimum Gasteiger partial charge on any atom is -0.377 e. The van der Waals surface area contributed by atoms with Gasteiger partial charge in [-0.15, -0.1) is 0 Å². The molecule has 1 N–H and O–H groups in total. The van der Waals surface area contributed by atoms with Gasteiger partial charge in [0.15, 0.2) is 0 Å². The van der Waals surface area contributed by atoms with Crippen LogP contribution in [0.15, 0.2) is 24.3 Å². The van der Waals surface area contributed by atoms with Gasteiger partial charge in [0.05, 0.1) is 6.10 Å². The van der Waals surface area contributed by atoms with Gasteiger partial charge in [-0.25, -0.2) is 0 Å². The predicted molar refractivity (Wildman–Crippen MR) is 84.1 cm³/mol. The average molecular weight is 276 g/mol. The van der Waals surface area contributed by atoms with Gasteiger partial charge in [0.25, 0.3) is 0 Å². The molecule has 0 amide bonds. The van der Waals surface area contributed by atoms with Crippen LogP contribution < -0.4 is 5.32 Å². The molecule has 0 spiro atoms. The van der Waals surface area contributed by atoms with E-state index in [0.717, 1.165) is 19.7 Å². The zero-order valence-corrected chi connectivity index (χ0v) is 13.1. The molecule has 20 heavy (non-hydrogen) atoms. The van der Waals surface area contributed by atoms with Crippen molar-refractivity contribution in [2.75, 3.05) is 33.8 Å². The van der Waals surface area contributed by atoms with Crippen LogP contribution in [0, 0.1) is 6.92 Å². The summed E-state index contributed by atoms with van der Waals surface area (Å²) >= 11 is 0. The molecular formula is C17H28N2O. The first kappa shape index (κ1) is 15.5. The first-order valence-corrected chi connectivity index (χ1v) is 7.73. The number of aryl methyl sites for hydroxylation is 1. The molecule has 2 atom stereocenters. The third-order valence-electron chi connectivity index (χ3n) is 4.11. The van der Waals surface area contributed by atoms with Gasteiger partial charge in [-0.3, -0.25) is 0 Å². The number of hydrogen-bond acceptors (Lipinski definition) is 3. The summed E-state index contributed by atoms with van der Waals surface area (Å²) < 4.78 is 5.82. The Balaban J connectivity index is 1.86. The van der Waals surface area contributed by atoms with E-state index in [9.17, 15) is 0 Å². The lowest BCUT2D eigenvalue weighted by Gasteiger charge is -2.30. The second-order valence-corrected chi connectivity index (χ2v) is 5.96. The normalized spacial score (nSPS) is 21.1. The monoisotopic (exact) mass is 276 g/mol. The quantitative estimate of drug-likeness (QED) is 0.864. The lowest BCUT2D eigenvalue weighted by Crippen LogP contribution is -2.38. The second-order valence-electron chi connectivity index (χ2n) is 5.96. The molecule has 1 aromatic rings. The SMILES string of the molecule is CNC(CN(C)CC1CCCCO1)c1ccc(C)cc1. The molecule has 112 valence electrons. The van der Waals surface area contributed by atoms with Crippen LogP contribution in [0.3, 0.4) is 0 Å². The summed E-state index contributed by atoms with van der Waals surface area (Å²) in [4.78, 5) is 2.39. The molecule has 2 rings (SSSR count). The maximum Gasteiger partial charge on any atom is 0.0701 e. The highest BCUT2D eigenvalue weighted by atomic mass is 16.5. The molecule has 0 radical (unpaired) electrons. The minimum atomic E-state index is 0.379. The molecule has 0 saturated carbocycles. The molecule has 1 saturated heterocycles. The number of hydrogen-bond donors (Lipinski definition) is 1. The Morgan fingerprint density at radius 2 is 2.05 bits per heavy atom. The first-order valence-electron chi connectivity index (χ1n) is 7.73. The van der Waals surface area contributed by atoms with E-state index in [1.807, 2.05) is 7.05 Å². The van der Waals surface area contributed by atoms with E-state index >= 15 is 0 Å². The Morgan fingerprint density at radius 3 is 2.65 bits per heavy atom. The van der Waals surface area contributed by atoms with Gasteiger partial charge >= 0.3 is 0 Å². The van der Waals surface area contributed by atoms with Gasteiger partial charge in [-0.2, -0.15) is 0 Å². The summed E-state index contributed by atoms with van der Waals surface area (Å²) in [6, 6.07) is 9.20. The van der Waals surface area contributed by atoms with Gasteiger partial charge in [-0.1, -0.05) is 29.8 Å². The highest BCUT2D eigenvalue weighted by Crippen LogP contribution is 2.17. The minimum absolute atomic E-state index is 0.379. The van der Waals surface area contributed by atoms with E-state index < -0.39 is 0 Å². The maximum atomic E-state index is 5.82. The van der Waals surface area contributed by atoms with Gasteiger partial charge in [0, 0.05) is 25.7 Å². The van der Waals surface area contributed by atoms with Crippen molar-refractivity contribution in [3.8, 4) is 0 Å². The fourth-order valence-electron chi connectivity index (χ4n) is 2.85. The fraction of sp³-hybridized carbons (Fsp3) is 0.647. The molecule has 0 aromatic heterocycles. The second kappa shape index (κ2) is 7.77. The van der Waals surface area contributed by atoms with Crippen LogP contribution in [0.2, 0.25) is 0 Å². The summed E-state index contributed by atoms with van der Waals surface area (Å²) in [5.74, 6) is 0. The number of nitrogens with zero attached hydrogens (tertiary/aromatic N) is 1. The van der Waals surface area contributed by atoms with Crippen molar-refractivity contribution in [2.24, 2.45) is 0 Å². The number of likely N-dealkylation sites (N-methyl/N-ethyl adjacent to an activating group) is 2.